The highest BCUT2D eigenvalue weighted by Gasteiger charge is 2.06. The normalized spacial score (nSPS) is 12.6. The standard InChI is InChI=1S/C17H26N4S.HI/c1-4-18-17(20-12-15-7-8-21(3)13-15)19-11-14(2)10-16-6-5-9-22-16;/h5-9,13-14H,4,10-12H2,1-3H3,(H2,18,19,20);1H. The number of nitrogens with zero attached hydrogens (tertiary/aromatic N) is 2. The van der Waals surface area contributed by atoms with Gasteiger partial charge in [-0.1, -0.05) is 13.0 Å². The molecule has 0 radical (unpaired) electrons. The Morgan fingerprint density at radius 3 is 2.78 bits per heavy atom. The van der Waals surface area contributed by atoms with Crippen molar-refractivity contribution in [3.63, 3.8) is 0 Å². The number of thiophene rings is 1. The summed E-state index contributed by atoms with van der Waals surface area (Å²) in [6.07, 6.45) is 5.27. The van der Waals surface area contributed by atoms with Gasteiger partial charge >= 0.3 is 0 Å². The maximum atomic E-state index is 4.65. The molecular weight excluding hydrogens is 419 g/mol. The van der Waals surface area contributed by atoms with Crippen LogP contribution in [0.1, 0.15) is 24.3 Å². The number of aromatic nitrogens is 1. The Morgan fingerprint density at radius 1 is 1.35 bits per heavy atom. The molecule has 6 heteroatoms. The average Bonchev–Trinajstić information content (AvgIpc) is 3.13. The summed E-state index contributed by atoms with van der Waals surface area (Å²) in [6.45, 7) is 6.87. The lowest BCUT2D eigenvalue weighted by Gasteiger charge is -2.15. The van der Waals surface area contributed by atoms with Crippen molar-refractivity contribution in [2.75, 3.05) is 13.1 Å². The molecule has 0 aliphatic carbocycles. The van der Waals surface area contributed by atoms with E-state index in [-0.39, 0.29) is 24.0 Å². The van der Waals surface area contributed by atoms with Crippen LogP contribution < -0.4 is 10.6 Å². The Hall–Kier alpha value is -1.02. The fraction of sp³-hybridized carbons (Fsp3) is 0.471. The number of nitrogens with one attached hydrogen (secondary N) is 2. The molecule has 0 bridgehead atoms. The van der Waals surface area contributed by atoms with Gasteiger partial charge in [0.15, 0.2) is 5.96 Å². The van der Waals surface area contributed by atoms with Crippen LogP contribution in [0.4, 0.5) is 0 Å². The summed E-state index contributed by atoms with van der Waals surface area (Å²) in [7, 11) is 2.03. The van der Waals surface area contributed by atoms with Crippen LogP contribution in [-0.4, -0.2) is 23.6 Å². The molecule has 2 rings (SSSR count). The third kappa shape index (κ3) is 7.39. The van der Waals surface area contributed by atoms with Crippen LogP contribution in [-0.2, 0) is 20.0 Å². The van der Waals surface area contributed by atoms with E-state index < -0.39 is 0 Å². The molecule has 0 saturated heterocycles. The molecule has 0 spiro atoms. The second kappa shape index (κ2) is 10.7. The topological polar surface area (TPSA) is 41.4 Å². The van der Waals surface area contributed by atoms with E-state index in [2.05, 4.69) is 59.2 Å². The van der Waals surface area contributed by atoms with Crippen LogP contribution in [0.25, 0.3) is 0 Å². The summed E-state index contributed by atoms with van der Waals surface area (Å²) in [5, 5.41) is 8.89. The van der Waals surface area contributed by atoms with Crippen LogP contribution in [0.15, 0.2) is 41.0 Å². The predicted octanol–water partition coefficient (Wildman–Crippen LogP) is 3.64. The quantitative estimate of drug-likeness (QED) is 0.388. The van der Waals surface area contributed by atoms with Crippen molar-refractivity contribution in [1.82, 2.24) is 15.2 Å². The van der Waals surface area contributed by atoms with Crippen LogP contribution in [0.5, 0.6) is 0 Å². The Kier molecular flexibility index (Phi) is 9.31. The Morgan fingerprint density at radius 2 is 2.17 bits per heavy atom. The number of hydrogen-bond acceptors (Lipinski definition) is 2. The molecule has 0 fully saturated rings. The van der Waals surface area contributed by atoms with Gasteiger partial charge in [0.05, 0.1) is 6.54 Å². The van der Waals surface area contributed by atoms with Gasteiger partial charge in [0.25, 0.3) is 0 Å². The molecule has 0 aliphatic rings. The smallest absolute Gasteiger partial charge is 0.191 e. The Bertz CT molecular complexity index is 577. The zero-order chi connectivity index (χ0) is 15.8. The molecule has 1 atom stereocenters. The van der Waals surface area contributed by atoms with E-state index >= 15 is 0 Å². The average molecular weight is 446 g/mol. The minimum Gasteiger partial charge on any atom is -0.357 e. The van der Waals surface area contributed by atoms with Crippen LogP contribution >= 0.6 is 35.3 Å². The van der Waals surface area contributed by atoms with Crippen molar-refractivity contribution >= 4 is 41.3 Å². The number of hydrogen-bond donors (Lipinski definition) is 2. The molecule has 128 valence electrons. The van der Waals surface area contributed by atoms with E-state index in [1.807, 2.05) is 29.1 Å². The highest BCUT2D eigenvalue weighted by Crippen LogP contribution is 2.13. The Labute approximate surface area is 160 Å². The molecule has 2 N–H and O–H groups in total. The summed E-state index contributed by atoms with van der Waals surface area (Å²) in [6, 6.07) is 6.42. The second-order valence-electron chi connectivity index (χ2n) is 5.65. The number of aliphatic imine (C=N–C) groups is 1. The largest absolute Gasteiger partial charge is 0.357 e. The first-order valence-electron chi connectivity index (χ1n) is 7.82. The number of rotatable bonds is 7. The number of halogens is 1. The molecule has 0 aliphatic heterocycles. The van der Waals surface area contributed by atoms with Crippen LogP contribution in [0.3, 0.4) is 0 Å². The van der Waals surface area contributed by atoms with Gasteiger partial charge in [-0.25, -0.2) is 4.99 Å². The summed E-state index contributed by atoms with van der Waals surface area (Å²) in [5.41, 5.74) is 1.23. The molecular formula is C17H27IN4S. The van der Waals surface area contributed by atoms with E-state index in [0.717, 1.165) is 25.5 Å². The molecule has 2 aromatic rings. The van der Waals surface area contributed by atoms with Gasteiger partial charge in [-0.3, -0.25) is 0 Å². The van der Waals surface area contributed by atoms with E-state index in [4.69, 9.17) is 0 Å². The van der Waals surface area contributed by atoms with Crippen LogP contribution in [0.2, 0.25) is 0 Å². The predicted molar refractivity (Wildman–Crippen MR) is 111 cm³/mol. The highest BCUT2D eigenvalue weighted by atomic mass is 127. The van der Waals surface area contributed by atoms with E-state index in [9.17, 15) is 0 Å². The second-order valence-corrected chi connectivity index (χ2v) is 6.68. The summed E-state index contributed by atoms with van der Waals surface area (Å²) < 4.78 is 2.05. The fourth-order valence-corrected chi connectivity index (χ4v) is 3.15. The minimum atomic E-state index is 0. The third-order valence-electron chi connectivity index (χ3n) is 3.40. The Balaban J connectivity index is 0.00000264. The maximum absolute atomic E-state index is 4.65. The zero-order valence-corrected chi connectivity index (χ0v) is 17.2. The molecule has 0 amide bonds. The van der Waals surface area contributed by atoms with Crippen molar-refractivity contribution in [2.24, 2.45) is 18.0 Å². The number of guanidine groups is 1. The molecule has 0 saturated carbocycles. The van der Waals surface area contributed by atoms with Crippen molar-refractivity contribution in [1.29, 1.82) is 0 Å². The summed E-state index contributed by atoms with van der Waals surface area (Å²) in [4.78, 5) is 6.09. The molecule has 23 heavy (non-hydrogen) atoms. The van der Waals surface area contributed by atoms with Gasteiger partial charge < -0.3 is 15.2 Å². The van der Waals surface area contributed by atoms with Gasteiger partial charge in [-0.05, 0) is 42.3 Å². The lowest BCUT2D eigenvalue weighted by molar-refractivity contribution is 0.562. The summed E-state index contributed by atoms with van der Waals surface area (Å²) >= 11 is 1.83. The van der Waals surface area contributed by atoms with Gasteiger partial charge in [-0.15, -0.1) is 35.3 Å². The first kappa shape index (κ1) is 20.0. The SMILES string of the molecule is CCNC(=NCc1ccn(C)c1)NCC(C)Cc1cccs1.I. The molecule has 2 aromatic heterocycles. The molecule has 0 aromatic carbocycles. The monoisotopic (exact) mass is 446 g/mol. The zero-order valence-electron chi connectivity index (χ0n) is 14.1. The van der Waals surface area contributed by atoms with Crippen molar-refractivity contribution < 1.29 is 0 Å². The number of aryl methyl sites for hydroxylation is 1. The third-order valence-corrected chi connectivity index (χ3v) is 4.30. The lowest BCUT2D eigenvalue weighted by atomic mass is 10.1. The van der Waals surface area contributed by atoms with Gasteiger partial charge in [0, 0.05) is 37.4 Å². The summed E-state index contributed by atoms with van der Waals surface area (Å²) in [5.74, 6) is 1.48. The van der Waals surface area contributed by atoms with E-state index in [0.29, 0.717) is 12.5 Å². The first-order chi connectivity index (χ1) is 10.7. The van der Waals surface area contributed by atoms with Gasteiger partial charge in [-0.2, -0.15) is 0 Å². The van der Waals surface area contributed by atoms with Crippen LogP contribution in [0, 0.1) is 5.92 Å². The molecule has 1 unspecified atom stereocenters. The van der Waals surface area contributed by atoms with Crippen molar-refractivity contribution in [3.8, 4) is 0 Å². The van der Waals surface area contributed by atoms with E-state index in [1.165, 1.54) is 10.4 Å². The van der Waals surface area contributed by atoms with Gasteiger partial charge in [0.1, 0.15) is 0 Å². The molecule has 4 nitrogen and oxygen atoms in total. The lowest BCUT2D eigenvalue weighted by Crippen LogP contribution is -2.39. The van der Waals surface area contributed by atoms with Crippen molar-refractivity contribution in [2.45, 2.75) is 26.8 Å². The minimum absolute atomic E-state index is 0. The van der Waals surface area contributed by atoms with Gasteiger partial charge in [0.2, 0.25) is 0 Å². The fourth-order valence-electron chi connectivity index (χ4n) is 2.28. The maximum Gasteiger partial charge on any atom is 0.191 e. The molecule has 2 heterocycles. The first-order valence-corrected chi connectivity index (χ1v) is 8.70. The highest BCUT2D eigenvalue weighted by molar-refractivity contribution is 14.0. The van der Waals surface area contributed by atoms with Crippen molar-refractivity contribution in [3.05, 3.63) is 46.4 Å². The van der Waals surface area contributed by atoms with E-state index in [1.54, 1.807) is 0 Å².